The molecule has 100 valence electrons. The highest BCUT2D eigenvalue weighted by molar-refractivity contribution is 6.03. The van der Waals surface area contributed by atoms with E-state index in [0.717, 1.165) is 4.90 Å². The molecule has 1 heterocycles. The van der Waals surface area contributed by atoms with Crippen molar-refractivity contribution in [3.05, 3.63) is 42.1 Å². The Bertz CT molecular complexity index is 535. The number of amides is 1. The maximum absolute atomic E-state index is 12.2. The molecule has 0 saturated carbocycles. The zero-order valence-corrected chi connectivity index (χ0v) is 9.78. The van der Waals surface area contributed by atoms with Gasteiger partial charge in [0.2, 0.25) is 5.91 Å². The largest absolute Gasteiger partial charge is 0.454 e. The van der Waals surface area contributed by atoms with Crippen LogP contribution in [0.1, 0.15) is 12.8 Å². The summed E-state index contributed by atoms with van der Waals surface area (Å²) in [5, 5.41) is 0. The van der Waals surface area contributed by atoms with Crippen molar-refractivity contribution in [1.29, 1.82) is 0 Å². The van der Waals surface area contributed by atoms with Gasteiger partial charge in [-0.1, -0.05) is 18.2 Å². The molecule has 0 spiro atoms. The van der Waals surface area contributed by atoms with Gasteiger partial charge >= 0.3 is 6.18 Å². The van der Waals surface area contributed by atoms with Crippen LogP contribution in [0, 0.1) is 0 Å². The number of hydrogen-bond donors (Lipinski definition) is 0. The summed E-state index contributed by atoms with van der Waals surface area (Å²) in [4.78, 5) is 23.8. The fourth-order valence-electron chi connectivity index (χ4n) is 1.88. The van der Waals surface area contributed by atoms with Crippen molar-refractivity contribution in [3.63, 3.8) is 0 Å². The van der Waals surface area contributed by atoms with Gasteiger partial charge in [0.05, 0.1) is 0 Å². The first-order valence-corrected chi connectivity index (χ1v) is 5.59. The average Bonchev–Trinajstić information content (AvgIpc) is 2.70. The van der Waals surface area contributed by atoms with Crippen molar-refractivity contribution < 1.29 is 22.8 Å². The summed E-state index contributed by atoms with van der Waals surface area (Å²) >= 11 is 0. The zero-order valence-electron chi connectivity index (χ0n) is 9.78. The Kier molecular flexibility index (Phi) is 3.42. The van der Waals surface area contributed by atoms with Crippen molar-refractivity contribution >= 4 is 17.4 Å². The first kappa shape index (κ1) is 13.3. The van der Waals surface area contributed by atoms with E-state index in [0.29, 0.717) is 11.8 Å². The van der Waals surface area contributed by atoms with Crippen LogP contribution < -0.4 is 4.90 Å². The number of halogens is 3. The van der Waals surface area contributed by atoms with Crippen LogP contribution in [0.5, 0.6) is 0 Å². The first-order chi connectivity index (χ1) is 8.89. The van der Waals surface area contributed by atoms with Gasteiger partial charge in [-0.15, -0.1) is 0 Å². The third-order valence-corrected chi connectivity index (χ3v) is 2.72. The van der Waals surface area contributed by atoms with Crippen LogP contribution in [-0.4, -0.2) is 17.9 Å². The van der Waals surface area contributed by atoms with Gasteiger partial charge in [0.1, 0.15) is 0 Å². The molecule has 0 aliphatic carbocycles. The molecule has 19 heavy (non-hydrogen) atoms. The van der Waals surface area contributed by atoms with Gasteiger partial charge in [0, 0.05) is 23.9 Å². The molecule has 2 rings (SSSR count). The normalized spacial score (nSPS) is 18.2. The third-order valence-electron chi connectivity index (χ3n) is 2.72. The molecule has 0 radical (unpaired) electrons. The van der Waals surface area contributed by atoms with Gasteiger partial charge in [0.25, 0.3) is 5.78 Å². The Hall–Kier alpha value is -2.11. The number of para-hydroxylation sites is 1. The summed E-state index contributed by atoms with van der Waals surface area (Å²) in [6, 6.07) is 8.28. The minimum absolute atomic E-state index is 0.0820. The van der Waals surface area contributed by atoms with E-state index in [1.807, 2.05) is 0 Å². The van der Waals surface area contributed by atoms with E-state index in [2.05, 4.69) is 0 Å². The Labute approximate surface area is 107 Å². The lowest BCUT2D eigenvalue weighted by Gasteiger charge is -2.18. The molecule has 0 aromatic heterocycles. The summed E-state index contributed by atoms with van der Waals surface area (Å²) in [6.07, 6.45) is -4.18. The maximum Gasteiger partial charge on any atom is 0.454 e. The lowest BCUT2D eigenvalue weighted by Crippen LogP contribution is -2.26. The van der Waals surface area contributed by atoms with Crippen LogP contribution in [0.15, 0.2) is 42.1 Å². The van der Waals surface area contributed by atoms with Crippen molar-refractivity contribution in [2.45, 2.75) is 19.0 Å². The van der Waals surface area contributed by atoms with Crippen molar-refractivity contribution in [2.75, 3.05) is 4.90 Å². The molecule has 3 nitrogen and oxygen atoms in total. The number of nitrogens with zero attached hydrogens (tertiary/aromatic N) is 1. The molecule has 1 aliphatic rings. The molecule has 1 amide bonds. The fourth-order valence-corrected chi connectivity index (χ4v) is 1.88. The van der Waals surface area contributed by atoms with Crippen LogP contribution in [0.4, 0.5) is 18.9 Å². The lowest BCUT2D eigenvalue weighted by atomic mass is 10.2. The molecule has 1 aromatic carbocycles. The van der Waals surface area contributed by atoms with E-state index in [4.69, 9.17) is 0 Å². The fraction of sp³-hybridized carbons (Fsp3) is 0.231. The Morgan fingerprint density at radius 1 is 1.16 bits per heavy atom. The second-order valence-corrected chi connectivity index (χ2v) is 4.06. The summed E-state index contributed by atoms with van der Waals surface area (Å²) < 4.78 is 36.7. The number of carbonyl (C=O) groups is 2. The minimum Gasteiger partial charge on any atom is -0.285 e. The molecule has 1 aromatic rings. The summed E-state index contributed by atoms with van der Waals surface area (Å²) in [5.41, 5.74) is 0.546. The molecular weight excluding hydrogens is 259 g/mol. The molecule has 1 fully saturated rings. The highest BCUT2D eigenvalue weighted by Gasteiger charge is 2.38. The third kappa shape index (κ3) is 2.83. The molecular formula is C13H10F3NO2. The number of ketones is 1. The predicted octanol–water partition coefficient (Wildman–Crippen LogP) is 2.83. The highest BCUT2D eigenvalue weighted by Crippen LogP contribution is 2.30. The van der Waals surface area contributed by atoms with Gasteiger partial charge in [-0.05, 0) is 18.6 Å². The van der Waals surface area contributed by atoms with E-state index in [-0.39, 0.29) is 24.4 Å². The minimum atomic E-state index is -4.92. The molecule has 0 bridgehead atoms. The number of anilines is 1. The Morgan fingerprint density at radius 3 is 2.37 bits per heavy atom. The maximum atomic E-state index is 12.2. The monoisotopic (exact) mass is 269 g/mol. The Morgan fingerprint density at radius 2 is 1.79 bits per heavy atom. The summed E-state index contributed by atoms with van der Waals surface area (Å²) in [6.45, 7) is 0. The second-order valence-electron chi connectivity index (χ2n) is 4.06. The molecule has 0 atom stereocenters. The van der Waals surface area contributed by atoms with Crippen molar-refractivity contribution in [3.8, 4) is 0 Å². The highest BCUT2D eigenvalue weighted by atomic mass is 19.4. The number of rotatable bonds is 2. The lowest BCUT2D eigenvalue weighted by molar-refractivity contribution is -0.165. The van der Waals surface area contributed by atoms with Crippen molar-refractivity contribution in [1.82, 2.24) is 0 Å². The van der Waals surface area contributed by atoms with Crippen LogP contribution in [-0.2, 0) is 9.59 Å². The molecule has 0 unspecified atom stereocenters. The summed E-state index contributed by atoms with van der Waals surface area (Å²) in [5.74, 6) is -2.26. The van der Waals surface area contributed by atoms with Gasteiger partial charge < -0.3 is 0 Å². The van der Waals surface area contributed by atoms with Gasteiger partial charge in [-0.3, -0.25) is 14.5 Å². The molecule has 1 saturated heterocycles. The zero-order chi connectivity index (χ0) is 14.0. The molecule has 1 aliphatic heterocycles. The standard InChI is InChI=1S/C13H10F3NO2/c14-13(15,16)11(18)8-10-6-7-12(19)17(10)9-4-2-1-3-5-9/h1-5,8H,6-7H2/b10-8+. The van der Waals surface area contributed by atoms with E-state index in [1.54, 1.807) is 30.3 Å². The van der Waals surface area contributed by atoms with Gasteiger partial charge in [-0.2, -0.15) is 13.2 Å². The number of allylic oxidation sites excluding steroid dienone is 2. The summed E-state index contributed by atoms with van der Waals surface area (Å²) in [7, 11) is 0. The second kappa shape index (κ2) is 4.87. The topological polar surface area (TPSA) is 37.4 Å². The first-order valence-electron chi connectivity index (χ1n) is 5.59. The van der Waals surface area contributed by atoms with Crippen LogP contribution >= 0.6 is 0 Å². The average molecular weight is 269 g/mol. The van der Waals surface area contributed by atoms with E-state index < -0.39 is 12.0 Å². The van der Waals surface area contributed by atoms with Crippen LogP contribution in [0.25, 0.3) is 0 Å². The number of carbonyl (C=O) groups excluding carboxylic acids is 2. The van der Waals surface area contributed by atoms with Gasteiger partial charge in [0.15, 0.2) is 0 Å². The quantitative estimate of drug-likeness (QED) is 0.774. The molecule has 0 N–H and O–H groups in total. The SMILES string of the molecule is O=C1CC/C(=C\C(=O)C(F)(F)F)N1c1ccccc1. The van der Waals surface area contributed by atoms with E-state index in [9.17, 15) is 22.8 Å². The van der Waals surface area contributed by atoms with E-state index >= 15 is 0 Å². The number of benzene rings is 1. The smallest absolute Gasteiger partial charge is 0.285 e. The van der Waals surface area contributed by atoms with Gasteiger partial charge in [-0.25, -0.2) is 0 Å². The van der Waals surface area contributed by atoms with Crippen molar-refractivity contribution in [2.24, 2.45) is 0 Å². The van der Waals surface area contributed by atoms with E-state index in [1.165, 1.54) is 0 Å². The van der Waals surface area contributed by atoms with Crippen LogP contribution in [0.2, 0.25) is 0 Å². The van der Waals surface area contributed by atoms with Crippen LogP contribution in [0.3, 0.4) is 0 Å². The predicted molar refractivity (Wildman–Crippen MR) is 62.3 cm³/mol. The number of alkyl halides is 3. The number of hydrogen-bond acceptors (Lipinski definition) is 2. The Balaban J connectivity index is 2.34. The molecule has 6 heteroatoms.